The standard InChI is InChI=1S/C16H23N3O4/c1-21-9-4-17-16(20)19-7-5-18(6-8-19)13-2-3-14-15(12-13)23-11-10-22-14/h2-3,12H,4-11H2,1H3,(H,17,20). The van der Waals surface area contributed by atoms with Crippen LogP contribution in [0.2, 0.25) is 0 Å². The number of fused-ring (bicyclic) bond motifs is 1. The minimum absolute atomic E-state index is 0.0242. The Morgan fingerprint density at radius 3 is 2.65 bits per heavy atom. The van der Waals surface area contributed by atoms with Crippen LogP contribution >= 0.6 is 0 Å². The summed E-state index contributed by atoms with van der Waals surface area (Å²) in [4.78, 5) is 16.1. The molecule has 2 aliphatic heterocycles. The van der Waals surface area contributed by atoms with E-state index in [-0.39, 0.29) is 6.03 Å². The Bertz CT molecular complexity index is 544. The van der Waals surface area contributed by atoms with E-state index in [1.165, 1.54) is 0 Å². The first kappa shape index (κ1) is 15.7. The van der Waals surface area contributed by atoms with Crippen molar-refractivity contribution in [1.82, 2.24) is 10.2 Å². The number of nitrogens with zero attached hydrogens (tertiary/aromatic N) is 2. The summed E-state index contributed by atoms with van der Waals surface area (Å²) in [6, 6.07) is 5.99. The Morgan fingerprint density at radius 1 is 1.17 bits per heavy atom. The first-order valence-corrected chi connectivity index (χ1v) is 7.94. The van der Waals surface area contributed by atoms with Gasteiger partial charge in [-0.25, -0.2) is 4.79 Å². The highest BCUT2D eigenvalue weighted by molar-refractivity contribution is 5.74. The van der Waals surface area contributed by atoms with Gasteiger partial charge in [-0.1, -0.05) is 0 Å². The Kier molecular flexibility index (Phi) is 5.07. The van der Waals surface area contributed by atoms with Crippen molar-refractivity contribution in [3.63, 3.8) is 0 Å². The predicted octanol–water partition coefficient (Wildman–Crippen LogP) is 0.936. The summed E-state index contributed by atoms with van der Waals surface area (Å²) >= 11 is 0. The van der Waals surface area contributed by atoms with E-state index < -0.39 is 0 Å². The Hall–Kier alpha value is -2.15. The van der Waals surface area contributed by atoms with Gasteiger partial charge in [0.2, 0.25) is 0 Å². The molecule has 1 fully saturated rings. The molecule has 0 unspecified atom stereocenters. The van der Waals surface area contributed by atoms with E-state index in [0.29, 0.717) is 39.5 Å². The van der Waals surface area contributed by atoms with Crippen LogP contribution in [0, 0.1) is 0 Å². The van der Waals surface area contributed by atoms with Crippen LogP contribution in [-0.2, 0) is 4.74 Å². The molecule has 7 nitrogen and oxygen atoms in total. The number of hydrogen-bond donors (Lipinski definition) is 1. The summed E-state index contributed by atoms with van der Waals surface area (Å²) in [6.45, 7) is 5.27. The lowest BCUT2D eigenvalue weighted by Gasteiger charge is -2.36. The van der Waals surface area contributed by atoms with Crippen molar-refractivity contribution in [2.24, 2.45) is 0 Å². The second-order valence-corrected chi connectivity index (χ2v) is 5.53. The first-order chi connectivity index (χ1) is 11.3. The predicted molar refractivity (Wildman–Crippen MR) is 86.5 cm³/mol. The number of piperazine rings is 1. The molecule has 0 aliphatic carbocycles. The van der Waals surface area contributed by atoms with Crippen molar-refractivity contribution in [1.29, 1.82) is 0 Å². The van der Waals surface area contributed by atoms with E-state index in [0.717, 1.165) is 30.3 Å². The molecule has 2 heterocycles. The molecule has 2 amide bonds. The van der Waals surface area contributed by atoms with Crippen LogP contribution in [0.3, 0.4) is 0 Å². The Balaban J connectivity index is 1.53. The molecular formula is C16H23N3O4. The van der Waals surface area contributed by atoms with E-state index in [1.54, 1.807) is 7.11 Å². The normalized spacial score (nSPS) is 17.1. The third-order valence-corrected chi connectivity index (χ3v) is 4.04. The van der Waals surface area contributed by atoms with Gasteiger partial charge in [0.1, 0.15) is 13.2 Å². The quantitative estimate of drug-likeness (QED) is 0.836. The zero-order chi connectivity index (χ0) is 16.1. The van der Waals surface area contributed by atoms with Crippen molar-refractivity contribution in [3.05, 3.63) is 18.2 Å². The molecule has 1 aromatic rings. The fourth-order valence-electron chi connectivity index (χ4n) is 2.77. The van der Waals surface area contributed by atoms with Gasteiger partial charge in [0, 0.05) is 51.6 Å². The third-order valence-electron chi connectivity index (χ3n) is 4.04. The minimum atomic E-state index is -0.0242. The molecule has 0 bridgehead atoms. The largest absolute Gasteiger partial charge is 0.486 e. The number of benzene rings is 1. The first-order valence-electron chi connectivity index (χ1n) is 7.94. The van der Waals surface area contributed by atoms with Crippen LogP contribution in [0.25, 0.3) is 0 Å². The van der Waals surface area contributed by atoms with E-state index in [9.17, 15) is 4.79 Å². The number of hydrogen-bond acceptors (Lipinski definition) is 5. The van der Waals surface area contributed by atoms with E-state index in [4.69, 9.17) is 14.2 Å². The van der Waals surface area contributed by atoms with Gasteiger partial charge in [-0.2, -0.15) is 0 Å². The van der Waals surface area contributed by atoms with Crippen molar-refractivity contribution in [3.8, 4) is 11.5 Å². The average Bonchev–Trinajstić information content (AvgIpc) is 2.61. The van der Waals surface area contributed by atoms with Crippen molar-refractivity contribution >= 4 is 11.7 Å². The molecule has 0 atom stereocenters. The highest BCUT2D eigenvalue weighted by Crippen LogP contribution is 2.34. The van der Waals surface area contributed by atoms with Gasteiger partial charge in [0.05, 0.1) is 6.61 Å². The van der Waals surface area contributed by atoms with Crippen molar-refractivity contribution in [2.45, 2.75) is 0 Å². The third kappa shape index (κ3) is 3.79. The van der Waals surface area contributed by atoms with Gasteiger partial charge >= 0.3 is 6.03 Å². The zero-order valence-electron chi connectivity index (χ0n) is 13.4. The maximum atomic E-state index is 12.0. The van der Waals surface area contributed by atoms with Gasteiger partial charge in [0.15, 0.2) is 11.5 Å². The van der Waals surface area contributed by atoms with E-state index in [2.05, 4.69) is 10.2 Å². The van der Waals surface area contributed by atoms with Crippen LogP contribution in [-0.4, -0.2) is 70.6 Å². The van der Waals surface area contributed by atoms with Gasteiger partial charge in [0.25, 0.3) is 0 Å². The highest BCUT2D eigenvalue weighted by atomic mass is 16.6. The van der Waals surface area contributed by atoms with Crippen molar-refractivity contribution < 1.29 is 19.0 Å². The van der Waals surface area contributed by atoms with E-state index >= 15 is 0 Å². The van der Waals surface area contributed by atoms with Gasteiger partial charge in [-0.3, -0.25) is 0 Å². The lowest BCUT2D eigenvalue weighted by Crippen LogP contribution is -2.52. The Labute approximate surface area is 136 Å². The fourth-order valence-corrected chi connectivity index (χ4v) is 2.77. The lowest BCUT2D eigenvalue weighted by molar-refractivity contribution is 0.171. The molecule has 0 saturated carbocycles. The second-order valence-electron chi connectivity index (χ2n) is 5.53. The van der Waals surface area contributed by atoms with Crippen LogP contribution in [0.4, 0.5) is 10.5 Å². The molecule has 0 aromatic heterocycles. The molecule has 1 N–H and O–H groups in total. The van der Waals surface area contributed by atoms with Crippen LogP contribution in [0.5, 0.6) is 11.5 Å². The number of carbonyl (C=O) groups is 1. The number of anilines is 1. The molecule has 1 saturated heterocycles. The Morgan fingerprint density at radius 2 is 1.91 bits per heavy atom. The summed E-state index contributed by atoms with van der Waals surface area (Å²) in [6.07, 6.45) is 0. The number of nitrogens with one attached hydrogen (secondary N) is 1. The molecule has 0 radical (unpaired) electrons. The smallest absolute Gasteiger partial charge is 0.317 e. The number of rotatable bonds is 4. The number of carbonyl (C=O) groups excluding carboxylic acids is 1. The van der Waals surface area contributed by atoms with Crippen molar-refractivity contribution in [2.75, 3.05) is 64.6 Å². The number of ether oxygens (including phenoxy) is 3. The summed E-state index contributed by atoms with van der Waals surface area (Å²) in [7, 11) is 1.62. The molecule has 1 aromatic carbocycles. The maximum Gasteiger partial charge on any atom is 0.317 e. The summed E-state index contributed by atoms with van der Waals surface area (Å²) in [5, 5.41) is 2.86. The molecule has 126 valence electrons. The van der Waals surface area contributed by atoms with Crippen LogP contribution in [0.15, 0.2) is 18.2 Å². The number of methoxy groups -OCH3 is 1. The lowest BCUT2D eigenvalue weighted by atomic mass is 10.2. The highest BCUT2D eigenvalue weighted by Gasteiger charge is 2.22. The molecule has 23 heavy (non-hydrogen) atoms. The maximum absolute atomic E-state index is 12.0. The second kappa shape index (κ2) is 7.41. The molecule has 0 spiro atoms. The van der Waals surface area contributed by atoms with Gasteiger partial charge in [-0.15, -0.1) is 0 Å². The zero-order valence-corrected chi connectivity index (χ0v) is 13.4. The summed E-state index contributed by atoms with van der Waals surface area (Å²) in [5.41, 5.74) is 1.11. The summed E-state index contributed by atoms with van der Waals surface area (Å²) in [5.74, 6) is 1.60. The fraction of sp³-hybridized carbons (Fsp3) is 0.562. The summed E-state index contributed by atoms with van der Waals surface area (Å²) < 4.78 is 16.1. The average molecular weight is 321 g/mol. The van der Waals surface area contributed by atoms with E-state index in [1.807, 2.05) is 23.1 Å². The molecule has 7 heteroatoms. The molecule has 2 aliphatic rings. The van der Waals surface area contributed by atoms with Gasteiger partial charge < -0.3 is 29.3 Å². The molecule has 3 rings (SSSR count). The number of urea groups is 1. The van der Waals surface area contributed by atoms with Gasteiger partial charge in [-0.05, 0) is 12.1 Å². The molecular weight excluding hydrogens is 298 g/mol. The topological polar surface area (TPSA) is 63.3 Å². The monoisotopic (exact) mass is 321 g/mol. The number of amides is 2. The minimum Gasteiger partial charge on any atom is -0.486 e. The van der Waals surface area contributed by atoms with Crippen LogP contribution < -0.4 is 19.7 Å². The SMILES string of the molecule is COCCNC(=O)N1CCN(c2ccc3c(c2)OCCO3)CC1. The van der Waals surface area contributed by atoms with Crippen LogP contribution in [0.1, 0.15) is 0 Å².